The van der Waals surface area contributed by atoms with Gasteiger partial charge in [0, 0.05) is 23.9 Å². The summed E-state index contributed by atoms with van der Waals surface area (Å²) >= 11 is 0. The highest BCUT2D eigenvalue weighted by Gasteiger charge is 2.33. The van der Waals surface area contributed by atoms with E-state index >= 15 is 0 Å². The van der Waals surface area contributed by atoms with Gasteiger partial charge in [0.2, 0.25) is 0 Å². The maximum Gasteiger partial charge on any atom is 0.274 e. The van der Waals surface area contributed by atoms with E-state index in [1.807, 2.05) is 12.1 Å². The number of ether oxygens (including phenoxy) is 1. The summed E-state index contributed by atoms with van der Waals surface area (Å²) in [5, 5.41) is 11.1. The number of hydrogen-bond donors (Lipinski definition) is 0. The van der Waals surface area contributed by atoms with E-state index in [1.54, 1.807) is 13.0 Å². The topological polar surface area (TPSA) is 55.6 Å². The zero-order chi connectivity index (χ0) is 14.9. The maximum absolute atomic E-state index is 11.1. The van der Waals surface area contributed by atoms with Crippen LogP contribution in [0.25, 0.3) is 0 Å². The minimum Gasteiger partial charge on any atom is -0.377 e. The second-order valence-electron chi connectivity index (χ2n) is 6.38. The Bertz CT molecular complexity index is 508. The molecule has 0 N–H and O–H groups in total. The predicted molar refractivity (Wildman–Crippen MR) is 79.2 cm³/mol. The highest BCUT2D eigenvalue weighted by atomic mass is 16.6. The Balaban J connectivity index is 2.38. The van der Waals surface area contributed by atoms with Crippen molar-refractivity contribution in [2.24, 2.45) is 5.41 Å². The molecule has 0 amide bonds. The molecular formula is C15H22N2O3. The van der Waals surface area contributed by atoms with E-state index < -0.39 is 0 Å². The van der Waals surface area contributed by atoms with Crippen LogP contribution in [-0.2, 0) is 4.74 Å². The summed E-state index contributed by atoms with van der Waals surface area (Å²) in [4.78, 5) is 13.0. The summed E-state index contributed by atoms with van der Waals surface area (Å²) in [7, 11) is 0. The van der Waals surface area contributed by atoms with Crippen molar-refractivity contribution in [3.63, 3.8) is 0 Å². The van der Waals surface area contributed by atoms with E-state index in [1.165, 1.54) is 0 Å². The molecule has 0 bridgehead atoms. The van der Waals surface area contributed by atoms with Crippen LogP contribution in [0.4, 0.5) is 11.4 Å². The molecule has 0 aliphatic carbocycles. The van der Waals surface area contributed by atoms with Gasteiger partial charge in [-0.15, -0.1) is 0 Å². The van der Waals surface area contributed by atoms with Gasteiger partial charge < -0.3 is 9.64 Å². The van der Waals surface area contributed by atoms with Crippen LogP contribution in [0.2, 0.25) is 0 Å². The summed E-state index contributed by atoms with van der Waals surface area (Å²) in [5.41, 5.74) is 1.84. The Morgan fingerprint density at radius 1 is 1.40 bits per heavy atom. The molecule has 0 aromatic heterocycles. The van der Waals surface area contributed by atoms with Gasteiger partial charge in [-0.3, -0.25) is 10.1 Å². The molecule has 2 rings (SSSR count). The van der Waals surface area contributed by atoms with Crippen LogP contribution in [-0.4, -0.2) is 30.7 Å². The first kappa shape index (κ1) is 14.8. The summed E-state index contributed by atoms with van der Waals surface area (Å²) in [6.07, 6.45) is 0. The number of anilines is 1. The molecule has 1 unspecified atom stereocenters. The third-order valence-corrected chi connectivity index (χ3v) is 3.85. The summed E-state index contributed by atoms with van der Waals surface area (Å²) in [6.45, 7) is 10.4. The highest BCUT2D eigenvalue weighted by Crippen LogP contribution is 2.33. The monoisotopic (exact) mass is 278 g/mol. The molecule has 0 saturated carbocycles. The largest absolute Gasteiger partial charge is 0.377 e. The van der Waals surface area contributed by atoms with Gasteiger partial charge in [0.25, 0.3) is 5.69 Å². The normalized spacial score (nSPS) is 20.0. The summed E-state index contributed by atoms with van der Waals surface area (Å²) < 4.78 is 5.59. The number of morpholine rings is 1. The number of aryl methyl sites for hydroxylation is 1. The smallest absolute Gasteiger partial charge is 0.274 e. The van der Waals surface area contributed by atoms with Gasteiger partial charge in [-0.1, -0.05) is 26.8 Å². The Kier molecular flexibility index (Phi) is 3.99. The Morgan fingerprint density at radius 2 is 2.10 bits per heavy atom. The van der Waals surface area contributed by atoms with Crippen molar-refractivity contribution < 1.29 is 9.66 Å². The molecule has 0 radical (unpaired) electrons. The van der Waals surface area contributed by atoms with Crippen LogP contribution in [0.1, 0.15) is 26.3 Å². The minimum absolute atomic E-state index is 0.0556. The van der Waals surface area contributed by atoms with E-state index in [2.05, 4.69) is 25.7 Å². The molecule has 1 aromatic rings. The Labute approximate surface area is 119 Å². The van der Waals surface area contributed by atoms with Crippen LogP contribution in [0, 0.1) is 22.5 Å². The van der Waals surface area contributed by atoms with Gasteiger partial charge in [-0.25, -0.2) is 0 Å². The molecule has 20 heavy (non-hydrogen) atoms. The van der Waals surface area contributed by atoms with Crippen molar-refractivity contribution in [3.8, 4) is 0 Å². The fourth-order valence-electron chi connectivity index (χ4n) is 2.60. The zero-order valence-electron chi connectivity index (χ0n) is 12.5. The van der Waals surface area contributed by atoms with Crippen molar-refractivity contribution in [1.29, 1.82) is 0 Å². The van der Waals surface area contributed by atoms with Gasteiger partial charge >= 0.3 is 0 Å². The molecule has 1 saturated heterocycles. The molecule has 1 atom stereocenters. The predicted octanol–water partition coefficient (Wildman–Crippen LogP) is 3.15. The second-order valence-corrected chi connectivity index (χ2v) is 6.38. The molecule has 1 heterocycles. The lowest BCUT2D eigenvalue weighted by Gasteiger charge is -2.44. The Morgan fingerprint density at radius 3 is 2.70 bits per heavy atom. The summed E-state index contributed by atoms with van der Waals surface area (Å²) in [5.74, 6) is 0. The van der Waals surface area contributed by atoms with Crippen LogP contribution in [0.5, 0.6) is 0 Å². The first-order valence-electron chi connectivity index (χ1n) is 6.90. The lowest BCUT2D eigenvalue weighted by molar-refractivity contribution is -0.385. The average molecular weight is 278 g/mol. The number of nitrogens with zero attached hydrogens (tertiary/aromatic N) is 2. The number of rotatable bonds is 2. The lowest BCUT2D eigenvalue weighted by atomic mass is 9.85. The minimum atomic E-state index is -0.314. The van der Waals surface area contributed by atoms with Crippen molar-refractivity contribution in [1.82, 2.24) is 0 Å². The molecule has 5 heteroatoms. The maximum atomic E-state index is 11.1. The van der Waals surface area contributed by atoms with E-state index in [4.69, 9.17) is 4.74 Å². The van der Waals surface area contributed by atoms with Crippen molar-refractivity contribution >= 4 is 11.4 Å². The molecule has 1 fully saturated rings. The van der Waals surface area contributed by atoms with Crippen LogP contribution in [0.15, 0.2) is 18.2 Å². The van der Waals surface area contributed by atoms with E-state index in [0.29, 0.717) is 18.8 Å². The van der Waals surface area contributed by atoms with E-state index in [0.717, 1.165) is 12.2 Å². The second kappa shape index (κ2) is 5.40. The quantitative estimate of drug-likeness (QED) is 0.616. The van der Waals surface area contributed by atoms with Crippen LogP contribution in [0.3, 0.4) is 0 Å². The zero-order valence-corrected chi connectivity index (χ0v) is 12.5. The van der Waals surface area contributed by atoms with Gasteiger partial charge in [0.15, 0.2) is 0 Å². The van der Waals surface area contributed by atoms with Crippen molar-refractivity contribution in [2.45, 2.75) is 33.7 Å². The number of nitro groups is 1. The molecule has 5 nitrogen and oxygen atoms in total. The standard InChI is InChI=1S/C15H22N2O3/c1-11-5-6-12(9-13(11)17(18)19)16-7-8-20-10-14(16)15(2,3)4/h5-6,9,14H,7-8,10H2,1-4H3. The van der Waals surface area contributed by atoms with Crippen LogP contribution < -0.4 is 4.90 Å². The summed E-state index contributed by atoms with van der Waals surface area (Å²) in [6, 6.07) is 5.69. The van der Waals surface area contributed by atoms with Gasteiger partial charge in [0.05, 0.1) is 24.2 Å². The molecule has 1 aliphatic heterocycles. The highest BCUT2D eigenvalue weighted by molar-refractivity contribution is 5.57. The number of nitro benzene ring substituents is 1. The number of hydrogen-bond acceptors (Lipinski definition) is 4. The third-order valence-electron chi connectivity index (χ3n) is 3.85. The molecule has 1 aliphatic rings. The third kappa shape index (κ3) is 2.93. The fraction of sp³-hybridized carbons (Fsp3) is 0.600. The van der Waals surface area contributed by atoms with E-state index in [-0.39, 0.29) is 22.1 Å². The van der Waals surface area contributed by atoms with Crippen LogP contribution >= 0.6 is 0 Å². The first-order chi connectivity index (χ1) is 9.30. The first-order valence-corrected chi connectivity index (χ1v) is 6.90. The average Bonchev–Trinajstić information content (AvgIpc) is 2.38. The Hall–Kier alpha value is -1.62. The SMILES string of the molecule is Cc1ccc(N2CCOCC2C(C)(C)C)cc1[N+](=O)[O-]. The van der Waals surface area contributed by atoms with E-state index in [9.17, 15) is 10.1 Å². The van der Waals surface area contributed by atoms with Crippen molar-refractivity contribution in [2.75, 3.05) is 24.7 Å². The molecule has 1 aromatic carbocycles. The van der Waals surface area contributed by atoms with Gasteiger partial charge in [-0.05, 0) is 18.4 Å². The van der Waals surface area contributed by atoms with Gasteiger partial charge in [0.1, 0.15) is 0 Å². The molecule has 0 spiro atoms. The molecule has 110 valence electrons. The van der Waals surface area contributed by atoms with Gasteiger partial charge in [-0.2, -0.15) is 0 Å². The van der Waals surface area contributed by atoms with Crippen molar-refractivity contribution in [3.05, 3.63) is 33.9 Å². The number of benzene rings is 1. The molecular weight excluding hydrogens is 256 g/mol. The fourth-order valence-corrected chi connectivity index (χ4v) is 2.60. The lowest BCUT2D eigenvalue weighted by Crippen LogP contribution is -2.52.